The third kappa shape index (κ3) is 7.83. The van der Waals surface area contributed by atoms with Gasteiger partial charge in [-0.05, 0) is 123 Å². The number of ether oxygens (including phenoxy) is 2. The van der Waals surface area contributed by atoms with Crippen LogP contribution in [0.15, 0.2) is 60.7 Å². The molecule has 6 nitrogen and oxygen atoms in total. The van der Waals surface area contributed by atoms with Crippen molar-refractivity contribution in [2.45, 2.75) is 84.4 Å². The van der Waals surface area contributed by atoms with Gasteiger partial charge < -0.3 is 24.2 Å². The number of methoxy groups -OCH3 is 1. The molecule has 1 saturated carbocycles. The minimum absolute atomic E-state index is 0.0352. The van der Waals surface area contributed by atoms with Crippen molar-refractivity contribution in [2.24, 2.45) is 11.8 Å². The number of anilines is 2. The number of fused-ring (bicyclic) bond motifs is 1. The van der Waals surface area contributed by atoms with Crippen LogP contribution in [0.5, 0.6) is 11.5 Å². The molecule has 1 aliphatic heterocycles. The zero-order valence-corrected chi connectivity index (χ0v) is 29.5. The minimum Gasteiger partial charge on any atom is -0.493 e. The smallest absolute Gasteiger partial charge is 0.232 e. The molecular formula is C39H52ClN3O3. The van der Waals surface area contributed by atoms with Crippen molar-refractivity contribution in [3.8, 4) is 11.5 Å². The van der Waals surface area contributed by atoms with Gasteiger partial charge in [0.15, 0.2) is 11.5 Å². The Balaban J connectivity index is 1.38. The number of amides is 1. The maximum atomic E-state index is 13.9. The molecule has 0 bridgehead atoms. The van der Waals surface area contributed by atoms with Crippen molar-refractivity contribution in [3.63, 3.8) is 0 Å². The van der Waals surface area contributed by atoms with Crippen LogP contribution in [0.25, 0.3) is 0 Å². The van der Waals surface area contributed by atoms with E-state index in [0.717, 1.165) is 35.3 Å². The van der Waals surface area contributed by atoms with Gasteiger partial charge in [-0.2, -0.15) is 0 Å². The quantitative estimate of drug-likeness (QED) is 0.197. The topological polar surface area (TPSA) is 45.3 Å². The third-order valence-corrected chi connectivity index (χ3v) is 10.1. The highest BCUT2D eigenvalue weighted by atomic mass is 35.5. The van der Waals surface area contributed by atoms with E-state index in [-0.39, 0.29) is 24.5 Å². The van der Waals surface area contributed by atoms with Gasteiger partial charge in [-0.1, -0.05) is 44.5 Å². The maximum absolute atomic E-state index is 13.9. The van der Waals surface area contributed by atoms with Gasteiger partial charge in [0.2, 0.25) is 5.91 Å². The van der Waals surface area contributed by atoms with Gasteiger partial charge in [-0.25, -0.2) is 0 Å². The van der Waals surface area contributed by atoms with E-state index in [1.54, 1.807) is 7.11 Å². The lowest BCUT2D eigenvalue weighted by atomic mass is 9.85. The second-order valence-corrected chi connectivity index (χ2v) is 14.3. The maximum Gasteiger partial charge on any atom is 0.232 e. The molecule has 3 aromatic carbocycles. The normalized spacial score (nSPS) is 20.5. The summed E-state index contributed by atoms with van der Waals surface area (Å²) in [4.78, 5) is 20.8. The molecular weight excluding hydrogens is 594 g/mol. The molecule has 7 heteroatoms. The first-order valence-electron chi connectivity index (χ1n) is 17.0. The standard InChI is InChI=1S/C39H52ClN3O3/c1-8-27(4)46-37-23-35-30(21-36(37)45-7)22-38(44)43(39(35)29-11-13-31(40)14-12-29)34-19-17-33(18-20-34)42(6)25-28-9-15-32(16-10-28)41(5)24-26(2)3/h11-14,17-21,23,26-28,32,39H,8-10,15-16,22,24-25H2,1-7H3. The van der Waals surface area contributed by atoms with E-state index in [9.17, 15) is 4.79 Å². The first-order chi connectivity index (χ1) is 22.1. The van der Waals surface area contributed by atoms with Crippen LogP contribution in [0.4, 0.5) is 11.4 Å². The molecule has 5 rings (SSSR count). The lowest BCUT2D eigenvalue weighted by Crippen LogP contribution is -2.41. The molecule has 3 aromatic rings. The van der Waals surface area contributed by atoms with E-state index in [2.05, 4.69) is 81.9 Å². The van der Waals surface area contributed by atoms with E-state index in [0.29, 0.717) is 34.4 Å². The first-order valence-corrected chi connectivity index (χ1v) is 17.4. The SMILES string of the molecule is CCC(C)Oc1cc2c(cc1OC)CC(=O)N(c1ccc(N(C)CC3CCC(N(C)CC(C)C)CC3)cc1)C2c1ccc(Cl)cc1. The van der Waals surface area contributed by atoms with Gasteiger partial charge >= 0.3 is 0 Å². The summed E-state index contributed by atoms with van der Waals surface area (Å²) in [7, 11) is 6.13. The molecule has 0 N–H and O–H groups in total. The second-order valence-electron chi connectivity index (χ2n) is 13.8. The molecule has 0 radical (unpaired) electrons. The van der Waals surface area contributed by atoms with Gasteiger partial charge in [-0.3, -0.25) is 4.79 Å². The van der Waals surface area contributed by atoms with Gasteiger partial charge in [0.1, 0.15) is 0 Å². The minimum atomic E-state index is -0.328. The number of carbonyl (C=O) groups is 1. The predicted octanol–water partition coefficient (Wildman–Crippen LogP) is 8.79. The number of rotatable bonds is 12. The number of benzene rings is 3. The van der Waals surface area contributed by atoms with Crippen LogP contribution in [0, 0.1) is 11.8 Å². The molecule has 248 valence electrons. The third-order valence-electron chi connectivity index (χ3n) is 9.87. The lowest BCUT2D eigenvalue weighted by Gasteiger charge is -2.38. The fourth-order valence-corrected chi connectivity index (χ4v) is 7.35. The molecule has 1 aliphatic carbocycles. The summed E-state index contributed by atoms with van der Waals surface area (Å²) in [6.45, 7) is 11.0. The van der Waals surface area contributed by atoms with Crippen molar-refractivity contribution in [1.29, 1.82) is 0 Å². The highest BCUT2D eigenvalue weighted by Crippen LogP contribution is 2.44. The molecule has 0 aromatic heterocycles. The average Bonchev–Trinajstić information content (AvgIpc) is 3.04. The van der Waals surface area contributed by atoms with Gasteiger partial charge in [-0.15, -0.1) is 0 Å². The van der Waals surface area contributed by atoms with E-state index in [1.165, 1.54) is 37.9 Å². The van der Waals surface area contributed by atoms with Crippen molar-refractivity contribution in [1.82, 2.24) is 4.90 Å². The number of carbonyl (C=O) groups excluding carboxylic acids is 1. The lowest BCUT2D eigenvalue weighted by molar-refractivity contribution is -0.118. The van der Waals surface area contributed by atoms with Crippen molar-refractivity contribution >= 4 is 28.9 Å². The van der Waals surface area contributed by atoms with E-state index in [1.807, 2.05) is 35.2 Å². The van der Waals surface area contributed by atoms with Crippen LogP contribution >= 0.6 is 11.6 Å². The molecule has 1 amide bonds. The number of halogens is 1. The van der Waals surface area contributed by atoms with Crippen molar-refractivity contribution in [3.05, 3.63) is 82.4 Å². The summed E-state index contributed by atoms with van der Waals surface area (Å²) in [5.41, 5.74) is 5.04. The highest BCUT2D eigenvalue weighted by molar-refractivity contribution is 6.30. The van der Waals surface area contributed by atoms with Crippen LogP contribution < -0.4 is 19.3 Å². The molecule has 2 atom stereocenters. The fraction of sp³-hybridized carbons (Fsp3) is 0.513. The second kappa shape index (κ2) is 15.1. The Labute approximate surface area is 281 Å². The zero-order chi connectivity index (χ0) is 33.0. The summed E-state index contributed by atoms with van der Waals surface area (Å²) in [6, 6.07) is 20.7. The summed E-state index contributed by atoms with van der Waals surface area (Å²) in [6.07, 6.45) is 6.30. The van der Waals surface area contributed by atoms with Crippen LogP contribution in [-0.4, -0.2) is 57.2 Å². The zero-order valence-electron chi connectivity index (χ0n) is 28.8. The Morgan fingerprint density at radius 1 is 0.935 bits per heavy atom. The van der Waals surface area contributed by atoms with E-state index >= 15 is 0 Å². The number of nitrogens with zero attached hydrogens (tertiary/aromatic N) is 3. The van der Waals surface area contributed by atoms with Crippen LogP contribution in [-0.2, 0) is 11.2 Å². The highest BCUT2D eigenvalue weighted by Gasteiger charge is 2.36. The molecule has 46 heavy (non-hydrogen) atoms. The average molecular weight is 646 g/mol. The molecule has 1 heterocycles. The number of hydrogen-bond acceptors (Lipinski definition) is 5. The van der Waals surface area contributed by atoms with Crippen LogP contribution in [0.3, 0.4) is 0 Å². The molecule has 2 unspecified atom stereocenters. The summed E-state index contributed by atoms with van der Waals surface area (Å²) in [5, 5.41) is 0.664. The van der Waals surface area contributed by atoms with Gasteiger partial charge in [0, 0.05) is 42.6 Å². The van der Waals surface area contributed by atoms with Gasteiger partial charge in [0.25, 0.3) is 0 Å². The fourth-order valence-electron chi connectivity index (χ4n) is 7.23. The van der Waals surface area contributed by atoms with Crippen LogP contribution in [0.1, 0.15) is 82.5 Å². The Morgan fingerprint density at radius 3 is 2.22 bits per heavy atom. The van der Waals surface area contributed by atoms with E-state index < -0.39 is 0 Å². The Morgan fingerprint density at radius 2 is 1.61 bits per heavy atom. The first kappa shape index (κ1) is 34.1. The van der Waals surface area contributed by atoms with Gasteiger partial charge in [0.05, 0.1) is 25.7 Å². The summed E-state index contributed by atoms with van der Waals surface area (Å²) < 4.78 is 12.0. The molecule has 1 fully saturated rings. The van der Waals surface area contributed by atoms with E-state index in [4.69, 9.17) is 21.1 Å². The Hall–Kier alpha value is -3.22. The summed E-state index contributed by atoms with van der Waals surface area (Å²) in [5.74, 6) is 2.80. The monoisotopic (exact) mass is 645 g/mol. The molecule has 0 spiro atoms. The van der Waals surface area contributed by atoms with Crippen molar-refractivity contribution < 1.29 is 14.3 Å². The number of hydrogen-bond donors (Lipinski definition) is 0. The predicted molar refractivity (Wildman–Crippen MR) is 191 cm³/mol. The largest absolute Gasteiger partial charge is 0.493 e. The molecule has 0 saturated heterocycles. The van der Waals surface area contributed by atoms with Crippen molar-refractivity contribution in [2.75, 3.05) is 44.1 Å². The Kier molecular flexibility index (Phi) is 11.2. The van der Waals surface area contributed by atoms with Crippen LogP contribution in [0.2, 0.25) is 5.02 Å². The molecule has 2 aliphatic rings. The Bertz CT molecular complexity index is 1450. The summed E-state index contributed by atoms with van der Waals surface area (Å²) >= 11 is 6.30.